The van der Waals surface area contributed by atoms with Gasteiger partial charge in [0.1, 0.15) is 0 Å². The van der Waals surface area contributed by atoms with Gasteiger partial charge in [-0.2, -0.15) is 11.8 Å². The van der Waals surface area contributed by atoms with Crippen LogP contribution >= 0.6 is 11.8 Å². The van der Waals surface area contributed by atoms with Gasteiger partial charge in [0.2, 0.25) is 0 Å². The van der Waals surface area contributed by atoms with Crippen molar-refractivity contribution in [3.63, 3.8) is 0 Å². The highest BCUT2D eigenvalue weighted by atomic mass is 32.2. The van der Waals surface area contributed by atoms with E-state index in [0.29, 0.717) is 11.8 Å². The Morgan fingerprint density at radius 2 is 2.25 bits per heavy atom. The zero-order chi connectivity index (χ0) is 9.19. The van der Waals surface area contributed by atoms with Gasteiger partial charge < -0.3 is 5.11 Å². The fraction of sp³-hybridized carbons (Fsp3) is 1.00. The molecule has 0 bridgehead atoms. The first kappa shape index (κ1) is 10.4. The minimum Gasteiger partial charge on any atom is -0.389 e. The maximum absolute atomic E-state index is 10.2. The van der Waals surface area contributed by atoms with E-state index >= 15 is 0 Å². The van der Waals surface area contributed by atoms with Crippen molar-refractivity contribution in [1.82, 2.24) is 0 Å². The first-order valence-electron chi connectivity index (χ1n) is 4.85. The lowest BCUT2D eigenvalue weighted by Gasteiger charge is -2.27. The standard InChI is InChI=1S/C10H20OS/c1-8(2)4-5-10(11)7-12-6-9(10)3/h8-9,11H,4-7H2,1-3H3. The van der Waals surface area contributed by atoms with Crippen molar-refractivity contribution in [1.29, 1.82) is 0 Å². The van der Waals surface area contributed by atoms with E-state index in [1.54, 1.807) is 0 Å². The summed E-state index contributed by atoms with van der Waals surface area (Å²) in [5.41, 5.74) is -0.352. The second kappa shape index (κ2) is 4.01. The van der Waals surface area contributed by atoms with Gasteiger partial charge in [-0.3, -0.25) is 0 Å². The minimum atomic E-state index is -0.352. The highest BCUT2D eigenvalue weighted by Gasteiger charge is 2.38. The molecule has 0 radical (unpaired) electrons. The lowest BCUT2D eigenvalue weighted by atomic mass is 9.86. The Hall–Kier alpha value is 0.310. The van der Waals surface area contributed by atoms with Gasteiger partial charge >= 0.3 is 0 Å². The minimum absolute atomic E-state index is 0.352. The fourth-order valence-electron chi connectivity index (χ4n) is 1.57. The summed E-state index contributed by atoms with van der Waals surface area (Å²) in [7, 11) is 0. The molecule has 72 valence electrons. The molecule has 0 amide bonds. The van der Waals surface area contributed by atoms with Crippen LogP contribution in [0.1, 0.15) is 33.6 Å². The normalized spacial score (nSPS) is 36.2. The molecule has 1 heterocycles. The number of hydrogen-bond donors (Lipinski definition) is 1. The Morgan fingerprint density at radius 1 is 1.58 bits per heavy atom. The van der Waals surface area contributed by atoms with Gasteiger partial charge in [0, 0.05) is 5.75 Å². The summed E-state index contributed by atoms with van der Waals surface area (Å²) in [5.74, 6) is 3.28. The van der Waals surface area contributed by atoms with Gasteiger partial charge in [-0.25, -0.2) is 0 Å². The summed E-state index contributed by atoms with van der Waals surface area (Å²) < 4.78 is 0. The third kappa shape index (κ3) is 2.40. The largest absolute Gasteiger partial charge is 0.389 e. The number of hydrogen-bond acceptors (Lipinski definition) is 2. The van der Waals surface area contributed by atoms with E-state index in [9.17, 15) is 5.11 Å². The van der Waals surface area contributed by atoms with Crippen LogP contribution in [-0.2, 0) is 0 Å². The van der Waals surface area contributed by atoms with Gasteiger partial charge in [0.25, 0.3) is 0 Å². The molecule has 1 rings (SSSR count). The molecule has 0 aromatic heterocycles. The monoisotopic (exact) mass is 188 g/mol. The van der Waals surface area contributed by atoms with Gasteiger partial charge in [-0.15, -0.1) is 0 Å². The van der Waals surface area contributed by atoms with Crippen LogP contribution in [0.4, 0.5) is 0 Å². The predicted molar refractivity (Wildman–Crippen MR) is 55.5 cm³/mol. The van der Waals surface area contributed by atoms with Crippen LogP contribution in [0.15, 0.2) is 0 Å². The molecule has 1 nitrogen and oxygen atoms in total. The SMILES string of the molecule is CC(C)CCC1(O)CSCC1C. The summed E-state index contributed by atoms with van der Waals surface area (Å²) in [5, 5.41) is 10.2. The Balaban J connectivity index is 2.37. The van der Waals surface area contributed by atoms with Crippen molar-refractivity contribution < 1.29 is 5.11 Å². The van der Waals surface area contributed by atoms with E-state index in [-0.39, 0.29) is 5.60 Å². The highest BCUT2D eigenvalue weighted by Crippen LogP contribution is 2.37. The number of thioether (sulfide) groups is 1. The molecular formula is C10H20OS. The van der Waals surface area contributed by atoms with Crippen molar-refractivity contribution in [2.75, 3.05) is 11.5 Å². The Bertz CT molecular complexity index is 147. The molecule has 1 N–H and O–H groups in total. The molecule has 1 aliphatic rings. The highest BCUT2D eigenvalue weighted by molar-refractivity contribution is 7.99. The van der Waals surface area contributed by atoms with E-state index in [1.807, 2.05) is 11.8 Å². The molecule has 2 unspecified atom stereocenters. The molecular weight excluding hydrogens is 168 g/mol. The van der Waals surface area contributed by atoms with Crippen LogP contribution in [0.5, 0.6) is 0 Å². The van der Waals surface area contributed by atoms with Gasteiger partial charge in [0.15, 0.2) is 0 Å². The van der Waals surface area contributed by atoms with Crippen LogP contribution < -0.4 is 0 Å². The van der Waals surface area contributed by atoms with Crippen molar-refractivity contribution in [2.45, 2.75) is 39.2 Å². The van der Waals surface area contributed by atoms with E-state index < -0.39 is 0 Å². The smallest absolute Gasteiger partial charge is 0.0771 e. The quantitative estimate of drug-likeness (QED) is 0.734. The maximum atomic E-state index is 10.2. The molecule has 0 saturated carbocycles. The lowest BCUT2D eigenvalue weighted by molar-refractivity contribution is 0.0143. The first-order valence-corrected chi connectivity index (χ1v) is 6.00. The van der Waals surface area contributed by atoms with E-state index in [2.05, 4.69) is 20.8 Å². The molecule has 12 heavy (non-hydrogen) atoms. The Kier molecular flexibility index (Phi) is 3.47. The average Bonchev–Trinajstić information content (AvgIpc) is 2.30. The summed E-state index contributed by atoms with van der Waals surface area (Å²) in [4.78, 5) is 0. The van der Waals surface area contributed by atoms with Crippen LogP contribution in [0, 0.1) is 11.8 Å². The third-order valence-electron chi connectivity index (χ3n) is 2.79. The van der Waals surface area contributed by atoms with Crippen LogP contribution in [0.25, 0.3) is 0 Å². The van der Waals surface area contributed by atoms with E-state index in [1.165, 1.54) is 0 Å². The zero-order valence-electron chi connectivity index (χ0n) is 8.34. The maximum Gasteiger partial charge on any atom is 0.0771 e. The summed E-state index contributed by atoms with van der Waals surface area (Å²) in [6.07, 6.45) is 2.14. The average molecular weight is 188 g/mol. The van der Waals surface area contributed by atoms with Crippen molar-refractivity contribution in [3.8, 4) is 0 Å². The topological polar surface area (TPSA) is 20.2 Å². The van der Waals surface area contributed by atoms with Gasteiger partial charge in [-0.05, 0) is 30.4 Å². The molecule has 0 spiro atoms. The summed E-state index contributed by atoms with van der Waals surface area (Å²) in [6, 6.07) is 0. The predicted octanol–water partition coefficient (Wildman–Crippen LogP) is 2.54. The molecule has 1 saturated heterocycles. The van der Waals surface area contributed by atoms with Gasteiger partial charge in [0.05, 0.1) is 5.60 Å². The first-order chi connectivity index (χ1) is 5.54. The lowest BCUT2D eigenvalue weighted by Crippen LogP contribution is -2.35. The summed E-state index contributed by atoms with van der Waals surface area (Å²) >= 11 is 1.89. The van der Waals surface area contributed by atoms with Gasteiger partial charge in [-0.1, -0.05) is 20.8 Å². The van der Waals surface area contributed by atoms with E-state index in [0.717, 1.165) is 24.3 Å². The molecule has 1 fully saturated rings. The van der Waals surface area contributed by atoms with E-state index in [4.69, 9.17) is 0 Å². The van der Waals surface area contributed by atoms with Crippen LogP contribution in [-0.4, -0.2) is 22.2 Å². The third-order valence-corrected chi connectivity index (χ3v) is 4.23. The Morgan fingerprint density at radius 3 is 2.67 bits per heavy atom. The zero-order valence-corrected chi connectivity index (χ0v) is 9.16. The fourth-order valence-corrected chi connectivity index (χ4v) is 3.13. The van der Waals surface area contributed by atoms with Crippen molar-refractivity contribution in [3.05, 3.63) is 0 Å². The second-order valence-corrected chi connectivity index (χ2v) is 5.48. The molecule has 1 aliphatic heterocycles. The van der Waals surface area contributed by atoms with Crippen LogP contribution in [0.2, 0.25) is 0 Å². The van der Waals surface area contributed by atoms with Crippen molar-refractivity contribution >= 4 is 11.8 Å². The molecule has 0 aromatic carbocycles. The molecule has 0 aliphatic carbocycles. The molecule has 0 aromatic rings. The Labute approximate surface area is 79.9 Å². The molecule has 2 heteroatoms. The molecule has 2 atom stereocenters. The second-order valence-electron chi connectivity index (χ2n) is 4.45. The number of aliphatic hydroxyl groups is 1. The number of rotatable bonds is 3. The summed E-state index contributed by atoms with van der Waals surface area (Å²) in [6.45, 7) is 6.60. The van der Waals surface area contributed by atoms with Crippen LogP contribution in [0.3, 0.4) is 0 Å². The van der Waals surface area contributed by atoms with Crippen molar-refractivity contribution in [2.24, 2.45) is 11.8 Å².